The Morgan fingerprint density at radius 1 is 1.80 bits per heavy atom. The molecule has 0 aromatic heterocycles. The summed E-state index contributed by atoms with van der Waals surface area (Å²) >= 11 is 10.5. The topological polar surface area (TPSA) is 63.3 Å². The van der Waals surface area contributed by atoms with Crippen LogP contribution in [0.4, 0.5) is 0 Å². The van der Waals surface area contributed by atoms with Crippen molar-refractivity contribution in [1.82, 2.24) is 0 Å². The van der Waals surface area contributed by atoms with Gasteiger partial charge in [0, 0.05) is 17.0 Å². The smallest absolute Gasteiger partial charge is 0.320 e. The average molecular weight is 184 g/mol. The van der Waals surface area contributed by atoms with Gasteiger partial charge in [0.2, 0.25) is 0 Å². The number of rotatable bonds is 3. The number of carbonyl (C=O) groups is 1. The Morgan fingerprint density at radius 2 is 2.30 bits per heavy atom. The van der Waals surface area contributed by atoms with Crippen molar-refractivity contribution in [2.45, 2.75) is 12.5 Å². The zero-order valence-electron chi connectivity index (χ0n) is 5.05. The molecule has 0 aliphatic rings. The molecule has 0 aromatic rings. The normalized spacial score (nSPS) is 14.9. The van der Waals surface area contributed by atoms with Gasteiger partial charge in [-0.3, -0.25) is 4.79 Å². The van der Waals surface area contributed by atoms with Crippen molar-refractivity contribution in [3.63, 3.8) is 0 Å². The Kier molecular flexibility index (Phi) is 4.43. The lowest BCUT2D eigenvalue weighted by atomic mass is 10.2. The highest BCUT2D eigenvalue weighted by Crippen LogP contribution is 2.10. The van der Waals surface area contributed by atoms with E-state index in [-0.39, 0.29) is 11.5 Å². The number of halogens is 2. The van der Waals surface area contributed by atoms with Crippen LogP contribution >= 0.6 is 23.2 Å². The maximum absolute atomic E-state index is 10.1. The fraction of sp³-hybridized carbons (Fsp3) is 0.400. The molecule has 5 heteroatoms. The summed E-state index contributed by atoms with van der Waals surface area (Å²) in [5.41, 5.74) is 6.21. The van der Waals surface area contributed by atoms with Crippen LogP contribution in [0, 0.1) is 0 Å². The first-order valence-corrected chi connectivity index (χ1v) is 3.32. The molecule has 10 heavy (non-hydrogen) atoms. The van der Waals surface area contributed by atoms with Crippen LogP contribution < -0.4 is 5.73 Å². The van der Waals surface area contributed by atoms with Gasteiger partial charge in [-0.25, -0.2) is 0 Å². The largest absolute Gasteiger partial charge is 0.480 e. The van der Waals surface area contributed by atoms with E-state index >= 15 is 0 Å². The molecule has 0 rings (SSSR count). The van der Waals surface area contributed by atoms with Gasteiger partial charge < -0.3 is 10.8 Å². The van der Waals surface area contributed by atoms with E-state index in [4.69, 9.17) is 34.0 Å². The summed E-state index contributed by atoms with van der Waals surface area (Å²) in [6.45, 7) is 0. The Morgan fingerprint density at radius 3 is 2.60 bits per heavy atom. The minimum Gasteiger partial charge on any atom is -0.480 e. The molecule has 0 aliphatic carbocycles. The first-order chi connectivity index (χ1) is 4.57. The Hall–Kier alpha value is -0.250. The van der Waals surface area contributed by atoms with Crippen LogP contribution in [0.1, 0.15) is 6.42 Å². The van der Waals surface area contributed by atoms with Crippen LogP contribution in [-0.2, 0) is 4.79 Å². The molecule has 0 radical (unpaired) electrons. The lowest BCUT2D eigenvalue weighted by Gasteiger charge is -2.02. The number of hydrogen-bond acceptors (Lipinski definition) is 2. The van der Waals surface area contributed by atoms with Gasteiger partial charge in [-0.15, -0.1) is 0 Å². The molecule has 1 unspecified atom stereocenters. The number of carboxylic acid groups (broad SMARTS) is 1. The van der Waals surface area contributed by atoms with Crippen molar-refractivity contribution < 1.29 is 9.90 Å². The molecule has 0 aliphatic heterocycles. The van der Waals surface area contributed by atoms with Crippen molar-refractivity contribution in [2.24, 2.45) is 5.73 Å². The Balaban J connectivity index is 3.80. The van der Waals surface area contributed by atoms with Gasteiger partial charge in [0.1, 0.15) is 6.04 Å². The van der Waals surface area contributed by atoms with Gasteiger partial charge in [0.15, 0.2) is 0 Å². The molecular weight excluding hydrogens is 177 g/mol. The quantitative estimate of drug-likeness (QED) is 0.690. The Labute approximate surface area is 68.4 Å². The van der Waals surface area contributed by atoms with Crippen molar-refractivity contribution in [3.05, 3.63) is 10.6 Å². The summed E-state index contributed by atoms with van der Waals surface area (Å²) in [7, 11) is 0. The molecule has 1 atom stereocenters. The van der Waals surface area contributed by atoms with E-state index in [1.54, 1.807) is 0 Å². The molecule has 0 saturated heterocycles. The third-order valence-electron chi connectivity index (χ3n) is 0.851. The van der Waals surface area contributed by atoms with Gasteiger partial charge in [0.25, 0.3) is 0 Å². The van der Waals surface area contributed by atoms with Crippen LogP contribution in [0.3, 0.4) is 0 Å². The SMILES string of the molecule is NC(CC(Cl)=CCl)C(=O)O. The summed E-state index contributed by atoms with van der Waals surface area (Å²) in [6, 6.07) is -0.970. The van der Waals surface area contributed by atoms with Gasteiger partial charge in [-0.1, -0.05) is 23.2 Å². The standard InChI is InChI=1S/C5H7Cl2NO2/c6-2-3(7)1-4(8)5(9)10/h2,4H,1,8H2,(H,9,10). The first kappa shape index (κ1) is 9.75. The molecule has 58 valence electrons. The molecular formula is C5H7Cl2NO2. The van der Waals surface area contributed by atoms with Crippen molar-refractivity contribution in [3.8, 4) is 0 Å². The van der Waals surface area contributed by atoms with Crippen LogP contribution in [0.5, 0.6) is 0 Å². The summed E-state index contributed by atoms with van der Waals surface area (Å²) in [4.78, 5) is 10.1. The third-order valence-corrected chi connectivity index (χ3v) is 1.49. The number of hydrogen-bond donors (Lipinski definition) is 2. The van der Waals surface area contributed by atoms with E-state index in [1.807, 2.05) is 0 Å². The summed E-state index contributed by atoms with van der Waals surface area (Å²) in [5.74, 6) is -1.09. The van der Waals surface area contributed by atoms with Gasteiger partial charge in [-0.2, -0.15) is 0 Å². The van der Waals surface area contributed by atoms with E-state index in [9.17, 15) is 4.79 Å². The lowest BCUT2D eigenvalue weighted by molar-refractivity contribution is -0.138. The number of carboxylic acids is 1. The van der Waals surface area contributed by atoms with Crippen molar-refractivity contribution in [1.29, 1.82) is 0 Å². The Bertz CT molecular complexity index is 158. The summed E-state index contributed by atoms with van der Waals surface area (Å²) in [5, 5.41) is 8.52. The van der Waals surface area contributed by atoms with E-state index < -0.39 is 12.0 Å². The zero-order valence-corrected chi connectivity index (χ0v) is 6.56. The fourth-order valence-electron chi connectivity index (χ4n) is 0.342. The van der Waals surface area contributed by atoms with Crippen LogP contribution in [-0.4, -0.2) is 17.1 Å². The zero-order chi connectivity index (χ0) is 8.15. The van der Waals surface area contributed by atoms with Gasteiger partial charge in [-0.05, 0) is 0 Å². The number of nitrogens with two attached hydrogens (primary N) is 1. The minimum absolute atomic E-state index is 0.0698. The van der Waals surface area contributed by atoms with Crippen LogP contribution in [0.2, 0.25) is 0 Å². The summed E-state index contributed by atoms with van der Waals surface area (Å²) < 4.78 is 0. The van der Waals surface area contributed by atoms with Gasteiger partial charge in [0.05, 0.1) is 0 Å². The van der Waals surface area contributed by atoms with Crippen LogP contribution in [0.25, 0.3) is 0 Å². The van der Waals surface area contributed by atoms with E-state index in [1.165, 1.54) is 0 Å². The molecule has 0 heterocycles. The summed E-state index contributed by atoms with van der Waals surface area (Å²) in [6.07, 6.45) is 0.0698. The third kappa shape index (κ3) is 3.71. The number of aliphatic carboxylic acids is 1. The van der Waals surface area contributed by atoms with E-state index in [2.05, 4.69) is 0 Å². The molecule has 3 N–H and O–H groups in total. The molecule has 3 nitrogen and oxygen atoms in total. The predicted octanol–water partition coefficient (Wildman–Crippen LogP) is 1.11. The molecule has 0 bridgehead atoms. The maximum Gasteiger partial charge on any atom is 0.320 e. The molecule has 0 aromatic carbocycles. The molecule has 0 spiro atoms. The highest BCUT2D eigenvalue weighted by atomic mass is 35.5. The second kappa shape index (κ2) is 4.55. The first-order valence-electron chi connectivity index (χ1n) is 2.51. The van der Waals surface area contributed by atoms with Crippen molar-refractivity contribution >= 4 is 29.2 Å². The molecule has 0 amide bonds. The second-order valence-electron chi connectivity index (χ2n) is 1.70. The monoisotopic (exact) mass is 183 g/mol. The highest BCUT2D eigenvalue weighted by molar-refractivity contribution is 6.36. The fourth-order valence-corrected chi connectivity index (χ4v) is 0.597. The van der Waals surface area contributed by atoms with E-state index in [0.29, 0.717) is 0 Å². The van der Waals surface area contributed by atoms with E-state index in [0.717, 1.165) is 5.54 Å². The second-order valence-corrected chi connectivity index (χ2v) is 2.41. The van der Waals surface area contributed by atoms with Gasteiger partial charge >= 0.3 is 5.97 Å². The molecule has 0 saturated carbocycles. The average Bonchev–Trinajstić information content (AvgIpc) is 1.87. The molecule has 0 fully saturated rings. The highest BCUT2D eigenvalue weighted by Gasteiger charge is 2.11. The lowest BCUT2D eigenvalue weighted by Crippen LogP contribution is -2.29. The van der Waals surface area contributed by atoms with Crippen molar-refractivity contribution in [2.75, 3.05) is 0 Å². The predicted molar refractivity (Wildman–Crippen MR) is 40.0 cm³/mol. The maximum atomic E-state index is 10.1. The van der Waals surface area contributed by atoms with Crippen LogP contribution in [0.15, 0.2) is 10.6 Å². The minimum atomic E-state index is -1.09.